The lowest BCUT2D eigenvalue weighted by molar-refractivity contribution is 0.0874. The monoisotopic (exact) mass is 356 g/mol. The van der Waals surface area contributed by atoms with E-state index in [-0.39, 0.29) is 0 Å². The summed E-state index contributed by atoms with van der Waals surface area (Å²) in [5.74, 6) is 0.970. The van der Waals surface area contributed by atoms with E-state index in [0.29, 0.717) is 6.04 Å². The molecule has 26 heavy (non-hydrogen) atoms. The fraction of sp³-hybridized carbons (Fsp3) is 0.550. The molecule has 2 aliphatic heterocycles. The lowest BCUT2D eigenvalue weighted by atomic mass is 10.0. The molecule has 2 aromatic rings. The van der Waals surface area contributed by atoms with Gasteiger partial charge in [-0.2, -0.15) is 0 Å². The van der Waals surface area contributed by atoms with Crippen molar-refractivity contribution >= 4 is 5.69 Å². The van der Waals surface area contributed by atoms with Crippen molar-refractivity contribution in [1.29, 1.82) is 0 Å². The summed E-state index contributed by atoms with van der Waals surface area (Å²) in [5, 5.41) is 4.06. The van der Waals surface area contributed by atoms with Gasteiger partial charge >= 0.3 is 0 Å². The zero-order valence-corrected chi connectivity index (χ0v) is 15.5. The summed E-state index contributed by atoms with van der Waals surface area (Å²) >= 11 is 0. The average Bonchev–Trinajstić information content (AvgIpc) is 3.21. The number of hydrogen-bond donors (Lipinski definition) is 0. The van der Waals surface area contributed by atoms with Gasteiger partial charge in [0.25, 0.3) is 0 Å². The number of hydrogen-bond acceptors (Lipinski definition) is 6. The highest BCUT2D eigenvalue weighted by Gasteiger charge is 2.29. The maximum Gasteiger partial charge on any atom is 0.142 e. The third kappa shape index (κ3) is 3.86. The molecule has 1 atom stereocenters. The molecule has 0 amide bonds. The van der Waals surface area contributed by atoms with E-state index in [4.69, 9.17) is 9.26 Å². The maximum atomic E-state index is 5.53. The van der Waals surface area contributed by atoms with E-state index >= 15 is 0 Å². The van der Waals surface area contributed by atoms with Crippen LogP contribution in [-0.4, -0.2) is 67.4 Å². The van der Waals surface area contributed by atoms with Crippen LogP contribution in [0.4, 0.5) is 5.69 Å². The van der Waals surface area contributed by atoms with Gasteiger partial charge in [0.1, 0.15) is 12.0 Å². The standard InChI is InChI=1S/C20H28N4O2/c1-25-20-7-3-2-6-19(20)24-12-10-23(11-13-24)18-5-4-9-22(16-18)15-17-8-14-26-21-17/h2-3,6-8,14,18H,4-5,9-13,15-16H2,1H3/t18-/m1/s1. The fourth-order valence-electron chi connectivity index (χ4n) is 4.24. The highest BCUT2D eigenvalue weighted by Crippen LogP contribution is 2.29. The first-order valence-corrected chi connectivity index (χ1v) is 9.57. The van der Waals surface area contributed by atoms with E-state index in [9.17, 15) is 0 Å². The molecular formula is C20H28N4O2. The van der Waals surface area contributed by atoms with Crippen molar-refractivity contribution in [2.45, 2.75) is 25.4 Å². The first-order valence-electron chi connectivity index (χ1n) is 9.57. The van der Waals surface area contributed by atoms with E-state index < -0.39 is 0 Å². The zero-order chi connectivity index (χ0) is 17.8. The second-order valence-electron chi connectivity index (χ2n) is 7.22. The number of piperidine rings is 1. The fourth-order valence-corrected chi connectivity index (χ4v) is 4.24. The summed E-state index contributed by atoms with van der Waals surface area (Å²) in [6.07, 6.45) is 4.22. The number of aromatic nitrogens is 1. The molecule has 0 bridgehead atoms. The Morgan fingerprint density at radius 1 is 1.12 bits per heavy atom. The van der Waals surface area contributed by atoms with Gasteiger partial charge in [0, 0.05) is 51.4 Å². The molecule has 2 saturated heterocycles. The topological polar surface area (TPSA) is 45.0 Å². The van der Waals surface area contributed by atoms with Crippen LogP contribution in [0, 0.1) is 0 Å². The second kappa shape index (κ2) is 8.10. The minimum Gasteiger partial charge on any atom is -0.495 e. The number of rotatable bonds is 5. The second-order valence-corrected chi connectivity index (χ2v) is 7.22. The molecule has 0 N–H and O–H groups in total. The smallest absolute Gasteiger partial charge is 0.142 e. The van der Waals surface area contributed by atoms with Gasteiger partial charge in [-0.3, -0.25) is 9.80 Å². The van der Waals surface area contributed by atoms with Gasteiger partial charge < -0.3 is 14.2 Å². The quantitative estimate of drug-likeness (QED) is 0.820. The predicted molar refractivity (Wildman–Crippen MR) is 102 cm³/mol. The molecule has 0 saturated carbocycles. The summed E-state index contributed by atoms with van der Waals surface area (Å²) in [7, 11) is 1.75. The Bertz CT molecular complexity index is 683. The molecule has 0 radical (unpaired) electrons. The van der Waals surface area contributed by atoms with Crippen molar-refractivity contribution in [1.82, 2.24) is 15.0 Å². The summed E-state index contributed by atoms with van der Waals surface area (Å²) in [6.45, 7) is 7.52. The van der Waals surface area contributed by atoms with Gasteiger partial charge in [-0.05, 0) is 31.5 Å². The van der Waals surface area contributed by atoms with Crippen molar-refractivity contribution in [3.8, 4) is 5.75 Å². The Morgan fingerprint density at radius 2 is 1.96 bits per heavy atom. The summed E-state index contributed by atoms with van der Waals surface area (Å²) in [5.41, 5.74) is 2.25. The van der Waals surface area contributed by atoms with Crippen LogP contribution in [0.3, 0.4) is 0 Å². The highest BCUT2D eigenvalue weighted by molar-refractivity contribution is 5.58. The third-order valence-electron chi connectivity index (χ3n) is 5.61. The Hall–Kier alpha value is -2.05. The van der Waals surface area contributed by atoms with Gasteiger partial charge in [0.2, 0.25) is 0 Å². The number of para-hydroxylation sites is 2. The van der Waals surface area contributed by atoms with Crippen molar-refractivity contribution < 1.29 is 9.26 Å². The van der Waals surface area contributed by atoms with Crippen LogP contribution in [0.5, 0.6) is 5.75 Å². The van der Waals surface area contributed by atoms with Gasteiger partial charge in [-0.1, -0.05) is 17.3 Å². The molecule has 6 heteroatoms. The van der Waals surface area contributed by atoms with Crippen LogP contribution in [0.25, 0.3) is 0 Å². The van der Waals surface area contributed by atoms with E-state index in [1.807, 2.05) is 18.2 Å². The molecule has 2 fully saturated rings. The number of ether oxygens (including phenoxy) is 1. The molecule has 0 aliphatic carbocycles. The van der Waals surface area contributed by atoms with E-state index in [2.05, 4.69) is 32.0 Å². The van der Waals surface area contributed by atoms with Crippen molar-refractivity contribution in [3.63, 3.8) is 0 Å². The Morgan fingerprint density at radius 3 is 2.73 bits per heavy atom. The largest absolute Gasteiger partial charge is 0.495 e. The van der Waals surface area contributed by atoms with Crippen LogP contribution in [0.15, 0.2) is 41.1 Å². The van der Waals surface area contributed by atoms with E-state index in [1.165, 1.54) is 18.5 Å². The van der Waals surface area contributed by atoms with Crippen LogP contribution in [0.1, 0.15) is 18.5 Å². The zero-order valence-electron chi connectivity index (χ0n) is 15.5. The normalized spacial score (nSPS) is 22.5. The van der Waals surface area contributed by atoms with Crippen LogP contribution < -0.4 is 9.64 Å². The highest BCUT2D eigenvalue weighted by atomic mass is 16.5. The summed E-state index contributed by atoms with van der Waals surface area (Å²) in [6, 6.07) is 10.9. The van der Waals surface area contributed by atoms with Crippen molar-refractivity contribution in [2.24, 2.45) is 0 Å². The van der Waals surface area contributed by atoms with E-state index in [1.54, 1.807) is 13.4 Å². The molecule has 1 aromatic heterocycles. The molecule has 3 heterocycles. The Labute approximate surface area is 155 Å². The molecule has 2 aliphatic rings. The molecule has 0 spiro atoms. The number of benzene rings is 1. The molecule has 0 unspecified atom stereocenters. The average molecular weight is 356 g/mol. The number of likely N-dealkylation sites (tertiary alicyclic amines) is 1. The van der Waals surface area contributed by atoms with Crippen molar-refractivity contribution in [2.75, 3.05) is 51.3 Å². The first-order chi connectivity index (χ1) is 12.8. The van der Waals surface area contributed by atoms with Crippen LogP contribution in [0.2, 0.25) is 0 Å². The molecule has 140 valence electrons. The molecule has 4 rings (SSSR count). The molecule has 1 aromatic carbocycles. The van der Waals surface area contributed by atoms with Gasteiger partial charge in [0.15, 0.2) is 0 Å². The van der Waals surface area contributed by atoms with E-state index in [0.717, 1.165) is 57.3 Å². The third-order valence-corrected chi connectivity index (χ3v) is 5.61. The SMILES string of the molecule is COc1ccccc1N1CCN([C@@H]2CCCN(Cc3ccon3)C2)CC1. The number of nitrogens with zero attached hydrogens (tertiary/aromatic N) is 4. The minimum absolute atomic E-state index is 0.649. The van der Waals surface area contributed by atoms with Gasteiger partial charge in [-0.25, -0.2) is 0 Å². The summed E-state index contributed by atoms with van der Waals surface area (Å²) in [4.78, 5) is 7.63. The lowest BCUT2D eigenvalue weighted by Gasteiger charge is -2.44. The lowest BCUT2D eigenvalue weighted by Crippen LogP contribution is -2.55. The van der Waals surface area contributed by atoms with Gasteiger partial charge in [-0.15, -0.1) is 0 Å². The number of anilines is 1. The Kier molecular flexibility index (Phi) is 5.41. The number of methoxy groups -OCH3 is 1. The van der Waals surface area contributed by atoms with Crippen LogP contribution in [-0.2, 0) is 6.54 Å². The molecular weight excluding hydrogens is 328 g/mol. The maximum absolute atomic E-state index is 5.53. The Balaban J connectivity index is 1.32. The summed E-state index contributed by atoms with van der Waals surface area (Å²) < 4.78 is 10.5. The first kappa shape index (κ1) is 17.4. The number of piperazine rings is 1. The van der Waals surface area contributed by atoms with Crippen LogP contribution >= 0.6 is 0 Å². The molecule has 6 nitrogen and oxygen atoms in total. The van der Waals surface area contributed by atoms with Gasteiger partial charge in [0.05, 0.1) is 18.5 Å². The minimum atomic E-state index is 0.649. The van der Waals surface area contributed by atoms with Crippen molar-refractivity contribution in [3.05, 3.63) is 42.3 Å². The predicted octanol–water partition coefficient (Wildman–Crippen LogP) is 2.47.